The zero-order valence-corrected chi connectivity index (χ0v) is 15.9. The van der Waals surface area contributed by atoms with Gasteiger partial charge in [-0.1, -0.05) is 6.07 Å². The van der Waals surface area contributed by atoms with Gasteiger partial charge in [0, 0.05) is 19.1 Å². The molecule has 8 heteroatoms. The summed E-state index contributed by atoms with van der Waals surface area (Å²) in [6, 6.07) is 6.44. The second-order valence-electron chi connectivity index (χ2n) is 6.55. The summed E-state index contributed by atoms with van der Waals surface area (Å²) in [5.74, 6) is 0.294. The quantitative estimate of drug-likeness (QED) is 0.755. The van der Waals surface area contributed by atoms with Crippen LogP contribution in [0, 0.1) is 5.92 Å². The fourth-order valence-corrected chi connectivity index (χ4v) is 4.52. The summed E-state index contributed by atoms with van der Waals surface area (Å²) >= 11 is 0. The Morgan fingerprint density at radius 1 is 1.24 bits per heavy atom. The van der Waals surface area contributed by atoms with E-state index in [1.165, 1.54) is 36.4 Å². The summed E-state index contributed by atoms with van der Waals surface area (Å²) in [6.07, 6.45) is 4.28. The van der Waals surface area contributed by atoms with Crippen LogP contribution in [0.5, 0.6) is 0 Å². The Morgan fingerprint density at radius 3 is 2.52 bits per heavy atom. The lowest BCUT2D eigenvalue weighted by Crippen LogP contribution is -2.45. The molecule has 1 N–H and O–H groups in total. The normalized spacial score (nSPS) is 19.2. The number of methoxy groups -OCH3 is 1. The number of nitrogens with one attached hydrogen (secondary N) is 1. The number of rotatable bonds is 6. The number of nitrogens with zero attached hydrogens (tertiary/aromatic N) is 1. The first-order valence-corrected chi connectivity index (χ1v) is 9.86. The van der Waals surface area contributed by atoms with Gasteiger partial charge in [0.05, 0.1) is 17.6 Å². The van der Waals surface area contributed by atoms with Gasteiger partial charge in [0.2, 0.25) is 10.0 Å². The standard InChI is InChI=1S/C17H24N2O4S.ClH/c1-23-17(20)14-3-2-4-16(11-14)24(21,22)19-9-7-15(8-10-19)18-12-13-5-6-13;/h2-4,11,13,15,18H,5-10,12H2,1H3;1H. The van der Waals surface area contributed by atoms with E-state index in [1.54, 1.807) is 12.1 Å². The van der Waals surface area contributed by atoms with E-state index in [9.17, 15) is 13.2 Å². The smallest absolute Gasteiger partial charge is 0.337 e. The van der Waals surface area contributed by atoms with Gasteiger partial charge in [-0.15, -0.1) is 12.4 Å². The highest BCUT2D eigenvalue weighted by Crippen LogP contribution is 2.28. The second kappa shape index (κ2) is 8.49. The molecule has 1 heterocycles. The van der Waals surface area contributed by atoms with Gasteiger partial charge in [-0.3, -0.25) is 0 Å². The van der Waals surface area contributed by atoms with Crippen molar-refractivity contribution in [1.29, 1.82) is 0 Å². The monoisotopic (exact) mass is 388 g/mol. The molecule has 1 saturated heterocycles. The van der Waals surface area contributed by atoms with E-state index in [2.05, 4.69) is 10.1 Å². The van der Waals surface area contributed by atoms with Crippen LogP contribution in [0.25, 0.3) is 0 Å². The molecule has 1 aromatic rings. The van der Waals surface area contributed by atoms with Crippen LogP contribution >= 0.6 is 12.4 Å². The molecule has 0 spiro atoms. The van der Waals surface area contributed by atoms with E-state index in [0.29, 0.717) is 19.1 Å². The number of carbonyl (C=O) groups is 1. The van der Waals surface area contributed by atoms with Crippen molar-refractivity contribution in [3.63, 3.8) is 0 Å². The summed E-state index contributed by atoms with van der Waals surface area (Å²) in [7, 11) is -2.29. The third-order valence-electron chi connectivity index (χ3n) is 4.74. The van der Waals surface area contributed by atoms with Gasteiger partial charge in [0.15, 0.2) is 0 Å². The first kappa shape index (κ1) is 20.2. The van der Waals surface area contributed by atoms with Gasteiger partial charge in [0.1, 0.15) is 0 Å². The molecule has 0 aromatic heterocycles. The molecule has 0 radical (unpaired) electrons. The van der Waals surface area contributed by atoms with E-state index in [1.807, 2.05) is 0 Å². The van der Waals surface area contributed by atoms with Crippen LogP contribution in [0.4, 0.5) is 0 Å². The Morgan fingerprint density at radius 2 is 1.92 bits per heavy atom. The number of hydrogen-bond acceptors (Lipinski definition) is 5. The average molecular weight is 389 g/mol. The Bertz CT molecular complexity index is 698. The predicted molar refractivity (Wildman–Crippen MR) is 97.5 cm³/mol. The lowest BCUT2D eigenvalue weighted by molar-refractivity contribution is 0.0600. The predicted octanol–water partition coefficient (Wildman–Crippen LogP) is 2.05. The molecule has 0 bridgehead atoms. The van der Waals surface area contributed by atoms with E-state index in [-0.39, 0.29) is 22.9 Å². The van der Waals surface area contributed by atoms with Crippen LogP contribution in [0.1, 0.15) is 36.0 Å². The molecule has 6 nitrogen and oxygen atoms in total. The molecule has 140 valence electrons. The fourth-order valence-electron chi connectivity index (χ4n) is 3.01. The van der Waals surface area contributed by atoms with Crippen LogP contribution in [-0.2, 0) is 14.8 Å². The summed E-state index contributed by atoms with van der Waals surface area (Å²) in [5.41, 5.74) is 0.250. The second-order valence-corrected chi connectivity index (χ2v) is 8.49. The van der Waals surface area contributed by atoms with E-state index in [4.69, 9.17) is 0 Å². The fraction of sp³-hybridized carbons (Fsp3) is 0.588. The third kappa shape index (κ3) is 4.94. The summed E-state index contributed by atoms with van der Waals surface area (Å²) < 4.78 is 31.7. The van der Waals surface area contributed by atoms with Crippen molar-refractivity contribution in [3.8, 4) is 0 Å². The molecular formula is C17H25ClN2O4S. The molecule has 1 aliphatic heterocycles. The van der Waals surface area contributed by atoms with Gasteiger partial charge >= 0.3 is 5.97 Å². The largest absolute Gasteiger partial charge is 0.465 e. The van der Waals surface area contributed by atoms with Gasteiger partial charge in [-0.05, 0) is 56.3 Å². The minimum absolute atomic E-state index is 0. The van der Waals surface area contributed by atoms with Crippen LogP contribution in [0.2, 0.25) is 0 Å². The number of hydrogen-bond donors (Lipinski definition) is 1. The molecule has 1 aromatic carbocycles. The summed E-state index contributed by atoms with van der Waals surface area (Å²) in [5, 5.41) is 3.54. The number of esters is 1. The number of benzene rings is 1. The topological polar surface area (TPSA) is 75.7 Å². The van der Waals surface area contributed by atoms with Crippen LogP contribution in [0.15, 0.2) is 29.2 Å². The Hall–Kier alpha value is -1.15. The lowest BCUT2D eigenvalue weighted by atomic mass is 10.1. The highest BCUT2D eigenvalue weighted by molar-refractivity contribution is 7.89. The molecule has 0 atom stereocenters. The van der Waals surface area contributed by atoms with Gasteiger partial charge in [-0.25, -0.2) is 13.2 Å². The zero-order valence-electron chi connectivity index (χ0n) is 14.3. The van der Waals surface area contributed by atoms with Gasteiger partial charge < -0.3 is 10.1 Å². The van der Waals surface area contributed by atoms with Crippen molar-refractivity contribution in [2.24, 2.45) is 5.92 Å². The minimum Gasteiger partial charge on any atom is -0.465 e. The van der Waals surface area contributed by atoms with Crippen LogP contribution in [-0.4, -0.2) is 51.5 Å². The van der Waals surface area contributed by atoms with Crippen LogP contribution in [0.3, 0.4) is 0 Å². The van der Waals surface area contributed by atoms with Gasteiger partial charge in [0.25, 0.3) is 0 Å². The Kier molecular flexibility index (Phi) is 6.85. The summed E-state index contributed by atoms with van der Waals surface area (Å²) in [4.78, 5) is 11.8. The molecule has 1 saturated carbocycles. The molecule has 0 unspecified atom stereocenters. The highest BCUT2D eigenvalue weighted by atomic mass is 35.5. The lowest BCUT2D eigenvalue weighted by Gasteiger charge is -2.31. The molecule has 2 aliphatic rings. The number of ether oxygens (including phenoxy) is 1. The van der Waals surface area contributed by atoms with Crippen molar-refractivity contribution in [2.75, 3.05) is 26.7 Å². The maximum absolute atomic E-state index is 12.8. The summed E-state index contributed by atoms with van der Waals surface area (Å²) in [6.45, 7) is 2.07. The zero-order chi connectivity index (χ0) is 17.2. The van der Waals surface area contributed by atoms with Crippen molar-refractivity contribution in [1.82, 2.24) is 9.62 Å². The molecule has 3 rings (SSSR count). The van der Waals surface area contributed by atoms with Crippen molar-refractivity contribution >= 4 is 28.4 Å². The number of carbonyl (C=O) groups excluding carboxylic acids is 1. The minimum atomic E-state index is -3.57. The first-order chi connectivity index (χ1) is 11.5. The van der Waals surface area contributed by atoms with E-state index >= 15 is 0 Å². The molecule has 0 amide bonds. The molecular weight excluding hydrogens is 364 g/mol. The van der Waals surface area contributed by atoms with Crippen molar-refractivity contribution < 1.29 is 17.9 Å². The molecule has 1 aliphatic carbocycles. The van der Waals surface area contributed by atoms with Crippen molar-refractivity contribution in [3.05, 3.63) is 29.8 Å². The number of sulfonamides is 1. The van der Waals surface area contributed by atoms with E-state index in [0.717, 1.165) is 25.3 Å². The molecule has 2 fully saturated rings. The SMILES string of the molecule is COC(=O)c1cccc(S(=O)(=O)N2CCC(NCC3CC3)CC2)c1.Cl. The third-order valence-corrected chi connectivity index (χ3v) is 6.63. The number of piperidine rings is 1. The van der Waals surface area contributed by atoms with Gasteiger partial charge in [-0.2, -0.15) is 4.31 Å². The maximum Gasteiger partial charge on any atom is 0.337 e. The van der Waals surface area contributed by atoms with E-state index < -0.39 is 16.0 Å². The number of halogens is 1. The highest BCUT2D eigenvalue weighted by Gasteiger charge is 2.30. The first-order valence-electron chi connectivity index (χ1n) is 8.42. The average Bonchev–Trinajstić information content (AvgIpc) is 3.44. The molecule has 25 heavy (non-hydrogen) atoms. The maximum atomic E-state index is 12.8. The Balaban J connectivity index is 0.00000225. The van der Waals surface area contributed by atoms with Crippen molar-refractivity contribution in [2.45, 2.75) is 36.6 Å². The Labute approximate surface area is 155 Å². The van der Waals surface area contributed by atoms with Crippen LogP contribution < -0.4 is 5.32 Å².